The Bertz CT molecular complexity index is 131. The van der Waals surface area contributed by atoms with Crippen molar-refractivity contribution >= 4 is 5.97 Å². The minimum Gasteiger partial charge on any atom is -1.00 e. The van der Waals surface area contributed by atoms with Crippen LogP contribution in [-0.4, -0.2) is 49.9 Å². The molecule has 0 amide bonds. The molecular formula is C9H21INO3-. The lowest BCUT2D eigenvalue weighted by Gasteiger charge is -2.23. The Labute approximate surface area is 104 Å². The summed E-state index contributed by atoms with van der Waals surface area (Å²) in [6.45, 7) is 2.46. The first-order valence-corrected chi connectivity index (χ1v) is 4.38. The van der Waals surface area contributed by atoms with Crippen LogP contribution in [0.4, 0.5) is 0 Å². The zero-order chi connectivity index (χ0) is 10.9. The number of carboxylic acids is 1. The number of unbranched alkanes of at least 4 members (excludes halogenated alkanes) is 1. The van der Waals surface area contributed by atoms with Gasteiger partial charge in [0.25, 0.3) is 0 Å². The van der Waals surface area contributed by atoms with E-state index in [0.717, 1.165) is 30.8 Å². The van der Waals surface area contributed by atoms with Crippen molar-refractivity contribution in [1.29, 1.82) is 0 Å². The fourth-order valence-corrected chi connectivity index (χ4v) is 0.698. The third-order valence-electron chi connectivity index (χ3n) is 1.24. The second-order valence-corrected chi connectivity index (χ2v) is 3.94. The van der Waals surface area contributed by atoms with E-state index >= 15 is 0 Å². The highest BCUT2D eigenvalue weighted by Gasteiger charge is 2.04. The van der Waals surface area contributed by atoms with Gasteiger partial charge in [0.1, 0.15) is 0 Å². The Morgan fingerprint density at radius 3 is 1.86 bits per heavy atom. The molecule has 1 N–H and O–H groups in total. The van der Waals surface area contributed by atoms with E-state index in [1.54, 1.807) is 0 Å². The van der Waals surface area contributed by atoms with Gasteiger partial charge in [-0.05, 0) is 19.8 Å². The number of aliphatic hydroxyl groups is 1. The molecule has 0 atom stereocenters. The van der Waals surface area contributed by atoms with Crippen molar-refractivity contribution in [1.82, 2.24) is 0 Å². The van der Waals surface area contributed by atoms with Gasteiger partial charge >= 0.3 is 0 Å². The van der Waals surface area contributed by atoms with E-state index in [9.17, 15) is 0 Å². The van der Waals surface area contributed by atoms with Crippen molar-refractivity contribution in [3.63, 3.8) is 0 Å². The maximum atomic E-state index is 8.89. The molecule has 0 aliphatic heterocycles. The number of hydrogen-bond donors (Lipinski definition) is 1. The van der Waals surface area contributed by atoms with Crippen LogP contribution in [0.15, 0.2) is 0 Å². The van der Waals surface area contributed by atoms with E-state index in [-0.39, 0.29) is 24.0 Å². The van der Waals surface area contributed by atoms with E-state index in [4.69, 9.17) is 15.0 Å². The first-order valence-electron chi connectivity index (χ1n) is 4.38. The molecule has 0 aromatic carbocycles. The van der Waals surface area contributed by atoms with Gasteiger partial charge in [-0.3, -0.25) is 0 Å². The number of quaternary nitrogens is 1. The van der Waals surface area contributed by atoms with Crippen LogP contribution in [0.25, 0.3) is 0 Å². The third-order valence-corrected chi connectivity index (χ3v) is 1.24. The van der Waals surface area contributed by atoms with Crippen molar-refractivity contribution in [2.45, 2.75) is 19.8 Å². The summed E-state index contributed by atoms with van der Waals surface area (Å²) >= 11 is 0. The molecule has 0 unspecified atom stereocenters. The van der Waals surface area contributed by atoms with Crippen molar-refractivity contribution in [3.05, 3.63) is 0 Å². The summed E-state index contributed by atoms with van der Waals surface area (Å²) in [5.74, 6) is -1.08. The molecular weight excluding hydrogens is 297 g/mol. The predicted octanol–water partition coefficient (Wildman–Crippen LogP) is -3.77. The summed E-state index contributed by atoms with van der Waals surface area (Å²) in [5, 5.41) is 17.3. The maximum Gasteiger partial charge on any atom is 0.0781 e. The number of carboxylic acid groups (broad SMARTS) is 1. The molecule has 14 heavy (non-hydrogen) atoms. The number of nitrogens with zero attached hydrogens (tertiary/aromatic N) is 1. The second kappa shape index (κ2) is 11.2. The number of halogens is 1. The molecule has 0 bridgehead atoms. The molecule has 5 heteroatoms. The van der Waals surface area contributed by atoms with Gasteiger partial charge in [-0.15, -0.1) is 0 Å². The quantitative estimate of drug-likeness (QED) is 0.329. The van der Waals surface area contributed by atoms with Crippen molar-refractivity contribution in [3.8, 4) is 0 Å². The lowest BCUT2D eigenvalue weighted by Crippen LogP contribution is -3.00. The van der Waals surface area contributed by atoms with Crippen LogP contribution in [-0.2, 0) is 4.79 Å². The molecule has 0 rings (SSSR count). The van der Waals surface area contributed by atoms with Gasteiger partial charge in [0.05, 0.1) is 27.7 Å². The maximum absolute atomic E-state index is 8.89. The Morgan fingerprint density at radius 2 is 1.64 bits per heavy atom. The highest BCUT2D eigenvalue weighted by molar-refractivity contribution is 5.60. The van der Waals surface area contributed by atoms with Gasteiger partial charge in [-0.2, -0.15) is 0 Å². The zero-order valence-corrected chi connectivity index (χ0v) is 11.6. The Balaban J connectivity index is -0.000000209. The van der Waals surface area contributed by atoms with Crippen LogP contribution in [0, 0.1) is 0 Å². The number of aliphatic hydroxyl groups excluding tert-OH is 1. The van der Waals surface area contributed by atoms with Crippen LogP contribution < -0.4 is 29.1 Å². The minimum atomic E-state index is -1.08. The average Bonchev–Trinajstić information content (AvgIpc) is 1.83. The average molecular weight is 318 g/mol. The first kappa shape index (κ1) is 19.7. The van der Waals surface area contributed by atoms with Crippen LogP contribution in [0.3, 0.4) is 0 Å². The lowest BCUT2D eigenvalue weighted by atomic mass is 10.3. The highest BCUT2D eigenvalue weighted by Crippen LogP contribution is 1.95. The summed E-state index contributed by atoms with van der Waals surface area (Å²) in [5.41, 5.74) is 0. The molecule has 0 saturated heterocycles. The fourth-order valence-electron chi connectivity index (χ4n) is 0.698. The molecule has 0 saturated carbocycles. The molecule has 0 aromatic rings. The predicted molar refractivity (Wildman–Crippen MR) is 49.9 cm³/mol. The minimum absolute atomic E-state index is 0. The van der Waals surface area contributed by atoms with Crippen LogP contribution >= 0.6 is 0 Å². The first-order chi connectivity index (χ1) is 5.79. The van der Waals surface area contributed by atoms with Gasteiger partial charge in [0.2, 0.25) is 0 Å². The molecule has 0 fully saturated rings. The van der Waals surface area contributed by atoms with Crippen LogP contribution in [0.1, 0.15) is 19.8 Å². The van der Waals surface area contributed by atoms with E-state index in [1.165, 1.54) is 0 Å². The standard InChI is InChI=1S/C7H18NO.C2H4O2.HI/c1-8(2,3)6-4-5-7-9;1-2(3)4;/h9H,4-7H2,1-3H3;1H3,(H,3,4);1H/q+1;;/p-2. The number of rotatable bonds is 4. The van der Waals surface area contributed by atoms with Gasteiger partial charge < -0.3 is 43.5 Å². The topological polar surface area (TPSA) is 60.4 Å². The second-order valence-electron chi connectivity index (χ2n) is 3.94. The normalized spacial score (nSPS) is 9.50. The van der Waals surface area contributed by atoms with Gasteiger partial charge in [-0.25, -0.2) is 0 Å². The number of aliphatic carboxylic acids is 1. The van der Waals surface area contributed by atoms with Crippen LogP contribution in [0.2, 0.25) is 0 Å². The van der Waals surface area contributed by atoms with E-state index in [1.807, 2.05) is 0 Å². The summed E-state index contributed by atoms with van der Waals surface area (Å²) in [6, 6.07) is 0. The van der Waals surface area contributed by atoms with E-state index in [0.29, 0.717) is 6.61 Å². The molecule has 0 aliphatic rings. The third kappa shape index (κ3) is 40.0. The molecule has 0 spiro atoms. The summed E-state index contributed by atoms with van der Waals surface area (Å²) < 4.78 is 1.00. The van der Waals surface area contributed by atoms with Crippen molar-refractivity contribution in [2.75, 3.05) is 34.3 Å². The highest BCUT2D eigenvalue weighted by atomic mass is 127. The summed E-state index contributed by atoms with van der Waals surface area (Å²) in [4.78, 5) is 8.89. The van der Waals surface area contributed by atoms with Crippen molar-refractivity contribution < 1.29 is 43.5 Å². The molecule has 0 radical (unpaired) electrons. The molecule has 88 valence electrons. The van der Waals surface area contributed by atoms with E-state index in [2.05, 4.69) is 21.1 Å². The SMILES string of the molecule is CC(=O)[O-].C[N+](C)(C)CCCCO.[I-]. The number of carbonyl (C=O) groups is 1. The smallest absolute Gasteiger partial charge is 0.0781 e. The summed E-state index contributed by atoms with van der Waals surface area (Å²) in [7, 11) is 6.49. The number of hydrogen-bond acceptors (Lipinski definition) is 3. The Kier molecular flexibility index (Phi) is 15.7. The van der Waals surface area contributed by atoms with Crippen molar-refractivity contribution in [2.24, 2.45) is 0 Å². The van der Waals surface area contributed by atoms with E-state index < -0.39 is 5.97 Å². The lowest BCUT2D eigenvalue weighted by molar-refractivity contribution is -0.870. The Morgan fingerprint density at radius 1 is 1.29 bits per heavy atom. The molecule has 0 aliphatic carbocycles. The van der Waals surface area contributed by atoms with Gasteiger partial charge in [-0.1, -0.05) is 0 Å². The monoisotopic (exact) mass is 318 g/mol. The van der Waals surface area contributed by atoms with Gasteiger partial charge in [0.15, 0.2) is 0 Å². The fraction of sp³-hybridized carbons (Fsp3) is 0.889. The van der Waals surface area contributed by atoms with Crippen LogP contribution in [0.5, 0.6) is 0 Å². The molecule has 0 aromatic heterocycles. The zero-order valence-electron chi connectivity index (χ0n) is 9.42. The summed E-state index contributed by atoms with van der Waals surface area (Å²) in [6.07, 6.45) is 2.06. The molecule has 4 nitrogen and oxygen atoms in total. The van der Waals surface area contributed by atoms with Gasteiger partial charge in [0, 0.05) is 12.6 Å². The number of carbonyl (C=O) groups excluding carboxylic acids is 1. The largest absolute Gasteiger partial charge is 1.00 e. The molecule has 0 heterocycles. The Hall–Kier alpha value is 0.120.